The highest BCUT2D eigenvalue weighted by atomic mass is 16.5. The van der Waals surface area contributed by atoms with Gasteiger partial charge < -0.3 is 15.2 Å². The number of rotatable bonds is 3. The molecule has 0 bridgehead atoms. The van der Waals surface area contributed by atoms with Crippen LogP contribution < -0.4 is 5.73 Å². The number of nitrogens with zero attached hydrogens (tertiary/aromatic N) is 1. The summed E-state index contributed by atoms with van der Waals surface area (Å²) in [7, 11) is 0. The highest BCUT2D eigenvalue weighted by molar-refractivity contribution is 5.04. The lowest BCUT2D eigenvalue weighted by Gasteiger charge is -2.57. The van der Waals surface area contributed by atoms with Crippen molar-refractivity contribution in [1.82, 2.24) is 4.90 Å². The zero-order chi connectivity index (χ0) is 14.9. The van der Waals surface area contributed by atoms with Crippen LogP contribution >= 0.6 is 0 Å². The molecule has 4 nitrogen and oxygen atoms in total. The molecule has 4 heteroatoms. The molecule has 2 N–H and O–H groups in total. The molecule has 3 fully saturated rings. The average molecular weight is 296 g/mol. The van der Waals surface area contributed by atoms with Gasteiger partial charge in [0.25, 0.3) is 0 Å². The second-order valence-corrected chi connectivity index (χ2v) is 7.46. The van der Waals surface area contributed by atoms with E-state index < -0.39 is 0 Å². The van der Waals surface area contributed by atoms with Gasteiger partial charge in [0.2, 0.25) is 0 Å². The zero-order valence-electron chi connectivity index (χ0n) is 13.8. The standard InChI is InChI=1S/C17H32N2O2/c1-3-16(2)12-17(13-18,8-10-21-16)19-9-11-20-15-7-5-4-6-14(15)19/h14-15H,3-13,18H2,1-2H3. The molecule has 3 rings (SSSR count). The summed E-state index contributed by atoms with van der Waals surface area (Å²) >= 11 is 0. The molecule has 0 amide bonds. The molecule has 4 atom stereocenters. The van der Waals surface area contributed by atoms with Gasteiger partial charge in [0.1, 0.15) is 0 Å². The molecule has 2 heterocycles. The van der Waals surface area contributed by atoms with Crippen molar-refractivity contribution in [3.63, 3.8) is 0 Å². The van der Waals surface area contributed by atoms with Crippen molar-refractivity contribution in [2.24, 2.45) is 5.73 Å². The first-order valence-electron chi connectivity index (χ1n) is 8.85. The van der Waals surface area contributed by atoms with Crippen molar-refractivity contribution < 1.29 is 9.47 Å². The van der Waals surface area contributed by atoms with E-state index in [0.29, 0.717) is 12.1 Å². The van der Waals surface area contributed by atoms with Crippen LogP contribution in [0.15, 0.2) is 0 Å². The third-order valence-corrected chi connectivity index (χ3v) is 6.19. The number of hydrogen-bond acceptors (Lipinski definition) is 4. The highest BCUT2D eigenvalue weighted by Crippen LogP contribution is 2.42. The monoisotopic (exact) mass is 296 g/mol. The molecule has 2 aliphatic heterocycles. The van der Waals surface area contributed by atoms with E-state index in [0.717, 1.165) is 45.6 Å². The molecule has 0 radical (unpaired) electrons. The van der Waals surface area contributed by atoms with Crippen LogP contribution in [0.25, 0.3) is 0 Å². The van der Waals surface area contributed by atoms with Crippen molar-refractivity contribution >= 4 is 0 Å². The molecular weight excluding hydrogens is 264 g/mol. The molecule has 0 aromatic rings. The maximum atomic E-state index is 6.33. The number of ether oxygens (including phenoxy) is 2. The van der Waals surface area contributed by atoms with Gasteiger partial charge in [0.05, 0.1) is 18.3 Å². The average Bonchev–Trinajstić information content (AvgIpc) is 2.54. The molecule has 0 aromatic heterocycles. The fraction of sp³-hybridized carbons (Fsp3) is 1.00. The van der Waals surface area contributed by atoms with Gasteiger partial charge in [0, 0.05) is 31.3 Å². The summed E-state index contributed by atoms with van der Waals surface area (Å²) in [5.41, 5.74) is 6.43. The van der Waals surface area contributed by atoms with Crippen LogP contribution in [-0.4, -0.2) is 54.5 Å². The number of morpholine rings is 1. The Labute approximate surface area is 129 Å². The van der Waals surface area contributed by atoms with E-state index in [1.54, 1.807) is 0 Å². The summed E-state index contributed by atoms with van der Waals surface area (Å²) in [6, 6.07) is 0.579. The second-order valence-electron chi connectivity index (χ2n) is 7.46. The Bertz CT molecular complexity index is 363. The first-order chi connectivity index (χ1) is 10.1. The minimum absolute atomic E-state index is 0.0138. The third kappa shape index (κ3) is 2.88. The summed E-state index contributed by atoms with van der Waals surface area (Å²) in [6.07, 6.45) is 8.79. The quantitative estimate of drug-likeness (QED) is 0.868. The third-order valence-electron chi connectivity index (χ3n) is 6.19. The first kappa shape index (κ1) is 15.7. The van der Waals surface area contributed by atoms with E-state index in [9.17, 15) is 0 Å². The molecule has 2 saturated heterocycles. The van der Waals surface area contributed by atoms with Crippen molar-refractivity contribution in [1.29, 1.82) is 0 Å². The summed E-state index contributed by atoms with van der Waals surface area (Å²) in [5.74, 6) is 0. The maximum absolute atomic E-state index is 6.33. The lowest BCUT2D eigenvalue weighted by molar-refractivity contribution is -0.177. The lowest BCUT2D eigenvalue weighted by atomic mass is 9.75. The van der Waals surface area contributed by atoms with Gasteiger partial charge in [0.15, 0.2) is 0 Å². The van der Waals surface area contributed by atoms with Gasteiger partial charge in [-0.05, 0) is 39.0 Å². The Morgan fingerprint density at radius 3 is 2.81 bits per heavy atom. The first-order valence-corrected chi connectivity index (χ1v) is 8.85. The van der Waals surface area contributed by atoms with Crippen LogP contribution in [0.2, 0.25) is 0 Å². The van der Waals surface area contributed by atoms with E-state index in [1.807, 2.05) is 0 Å². The summed E-state index contributed by atoms with van der Waals surface area (Å²) < 4.78 is 12.1. The van der Waals surface area contributed by atoms with Crippen LogP contribution in [-0.2, 0) is 9.47 Å². The smallest absolute Gasteiger partial charge is 0.0731 e. The fourth-order valence-electron chi connectivity index (χ4n) is 4.77. The van der Waals surface area contributed by atoms with Crippen LogP contribution in [0, 0.1) is 0 Å². The normalized spacial score (nSPS) is 45.3. The largest absolute Gasteiger partial charge is 0.375 e. The minimum atomic E-state index is -0.0138. The Balaban J connectivity index is 1.83. The Morgan fingerprint density at radius 2 is 2.05 bits per heavy atom. The molecule has 0 spiro atoms. The van der Waals surface area contributed by atoms with Gasteiger partial charge in [-0.3, -0.25) is 4.90 Å². The van der Waals surface area contributed by atoms with Gasteiger partial charge in [-0.25, -0.2) is 0 Å². The summed E-state index contributed by atoms with van der Waals surface area (Å²) in [6.45, 7) is 7.99. The van der Waals surface area contributed by atoms with E-state index >= 15 is 0 Å². The molecule has 1 aliphatic carbocycles. The highest BCUT2D eigenvalue weighted by Gasteiger charge is 2.50. The Morgan fingerprint density at radius 1 is 1.24 bits per heavy atom. The minimum Gasteiger partial charge on any atom is -0.375 e. The van der Waals surface area contributed by atoms with Crippen LogP contribution in [0.5, 0.6) is 0 Å². The van der Waals surface area contributed by atoms with Gasteiger partial charge in [-0.2, -0.15) is 0 Å². The van der Waals surface area contributed by atoms with Crippen LogP contribution in [0.4, 0.5) is 0 Å². The topological polar surface area (TPSA) is 47.7 Å². The van der Waals surface area contributed by atoms with Gasteiger partial charge in [-0.15, -0.1) is 0 Å². The number of hydrogen-bond donors (Lipinski definition) is 1. The predicted octanol–water partition coefficient (Wildman–Crippen LogP) is 2.31. The van der Waals surface area contributed by atoms with E-state index in [1.165, 1.54) is 25.7 Å². The van der Waals surface area contributed by atoms with E-state index in [2.05, 4.69) is 18.7 Å². The van der Waals surface area contributed by atoms with Crippen LogP contribution in [0.1, 0.15) is 58.8 Å². The molecule has 4 unspecified atom stereocenters. The Hall–Kier alpha value is -0.160. The molecular formula is C17H32N2O2. The molecule has 0 aromatic carbocycles. The number of nitrogens with two attached hydrogens (primary N) is 1. The maximum Gasteiger partial charge on any atom is 0.0731 e. The van der Waals surface area contributed by atoms with E-state index in [-0.39, 0.29) is 11.1 Å². The second kappa shape index (κ2) is 6.15. The number of fused-ring (bicyclic) bond motifs is 1. The van der Waals surface area contributed by atoms with E-state index in [4.69, 9.17) is 15.2 Å². The molecule has 3 aliphatic rings. The molecule has 122 valence electrons. The molecule has 21 heavy (non-hydrogen) atoms. The SMILES string of the molecule is CCC1(C)CC(CN)(N2CCOC3CCCCC32)CCO1. The molecule has 1 saturated carbocycles. The van der Waals surface area contributed by atoms with Crippen molar-refractivity contribution in [2.75, 3.05) is 26.3 Å². The predicted molar refractivity (Wildman–Crippen MR) is 84.4 cm³/mol. The van der Waals surface area contributed by atoms with Crippen LogP contribution in [0.3, 0.4) is 0 Å². The van der Waals surface area contributed by atoms with Gasteiger partial charge >= 0.3 is 0 Å². The van der Waals surface area contributed by atoms with Crippen molar-refractivity contribution in [3.8, 4) is 0 Å². The summed E-state index contributed by atoms with van der Waals surface area (Å²) in [5, 5.41) is 0. The van der Waals surface area contributed by atoms with Crippen molar-refractivity contribution in [2.45, 2.75) is 82.1 Å². The van der Waals surface area contributed by atoms with Gasteiger partial charge in [-0.1, -0.05) is 19.8 Å². The fourth-order valence-corrected chi connectivity index (χ4v) is 4.77. The summed E-state index contributed by atoms with van der Waals surface area (Å²) in [4.78, 5) is 2.73. The lowest BCUT2D eigenvalue weighted by Crippen LogP contribution is -2.68. The Kier molecular flexibility index (Phi) is 4.60. The van der Waals surface area contributed by atoms with Crippen molar-refractivity contribution in [3.05, 3.63) is 0 Å². The zero-order valence-corrected chi connectivity index (χ0v) is 13.8.